The Labute approximate surface area is 243 Å². The first-order valence-corrected chi connectivity index (χ1v) is 13.1. The van der Waals surface area contributed by atoms with E-state index in [-0.39, 0.29) is 29.3 Å². The van der Waals surface area contributed by atoms with Gasteiger partial charge < -0.3 is 14.8 Å². The molecule has 1 amide bonds. The van der Waals surface area contributed by atoms with Crippen molar-refractivity contribution in [2.75, 3.05) is 0 Å². The van der Waals surface area contributed by atoms with Gasteiger partial charge in [-0.25, -0.2) is 9.78 Å². The minimum atomic E-state index is -4.53. The van der Waals surface area contributed by atoms with Gasteiger partial charge in [0.25, 0.3) is 5.91 Å². The van der Waals surface area contributed by atoms with Gasteiger partial charge in [-0.15, -0.1) is 0 Å². The van der Waals surface area contributed by atoms with Crippen LogP contribution in [0.15, 0.2) is 108 Å². The van der Waals surface area contributed by atoms with Gasteiger partial charge in [-0.2, -0.15) is 13.2 Å². The Kier molecular flexibility index (Phi) is 8.13. The Balaban J connectivity index is 1.50. The van der Waals surface area contributed by atoms with Crippen molar-refractivity contribution in [2.24, 2.45) is 0 Å². The number of rotatable bonds is 8. The van der Waals surface area contributed by atoms with Crippen LogP contribution in [0.5, 0.6) is 0 Å². The van der Waals surface area contributed by atoms with Crippen LogP contribution in [0.4, 0.5) is 13.2 Å². The molecule has 0 aliphatic carbocycles. The number of hydrogen-bond acceptors (Lipinski definition) is 4. The molecule has 0 bridgehead atoms. The van der Waals surface area contributed by atoms with Crippen molar-refractivity contribution < 1.29 is 32.3 Å². The first-order valence-electron chi connectivity index (χ1n) is 12.7. The zero-order chi connectivity index (χ0) is 29.9. The maximum absolute atomic E-state index is 13.4. The van der Waals surface area contributed by atoms with Crippen LogP contribution in [0.2, 0.25) is 5.02 Å². The molecule has 0 aliphatic rings. The van der Waals surface area contributed by atoms with Crippen molar-refractivity contribution in [3.05, 3.63) is 125 Å². The third-order valence-electron chi connectivity index (χ3n) is 6.51. The van der Waals surface area contributed by atoms with Crippen molar-refractivity contribution >= 4 is 23.5 Å². The lowest BCUT2D eigenvalue weighted by Crippen LogP contribution is -2.42. The number of carbonyl (C=O) groups excluding carboxylic acids is 1. The van der Waals surface area contributed by atoms with E-state index in [1.165, 1.54) is 12.1 Å². The largest absolute Gasteiger partial charge is 0.480 e. The van der Waals surface area contributed by atoms with Gasteiger partial charge in [0.15, 0.2) is 11.5 Å². The fraction of sp³-hybridized carbons (Fsp3) is 0.0938. The van der Waals surface area contributed by atoms with Crippen LogP contribution in [0.3, 0.4) is 0 Å². The van der Waals surface area contributed by atoms with Crippen LogP contribution in [0.1, 0.15) is 21.6 Å². The average molecular weight is 591 g/mol. The van der Waals surface area contributed by atoms with Crippen LogP contribution in [0.25, 0.3) is 33.9 Å². The molecule has 5 rings (SSSR count). The summed E-state index contributed by atoms with van der Waals surface area (Å²) in [5.74, 6) is -2.14. The Hall–Kier alpha value is -4.89. The summed E-state index contributed by atoms with van der Waals surface area (Å²) in [6.07, 6.45) is -4.55. The fourth-order valence-electron chi connectivity index (χ4n) is 4.32. The number of amides is 1. The van der Waals surface area contributed by atoms with Crippen molar-refractivity contribution in [3.8, 4) is 33.9 Å². The van der Waals surface area contributed by atoms with Crippen LogP contribution in [-0.4, -0.2) is 28.0 Å². The molecule has 1 atom stereocenters. The number of carboxylic acids is 1. The second-order valence-electron chi connectivity index (χ2n) is 9.41. The second kappa shape index (κ2) is 11.9. The fourth-order valence-corrected chi connectivity index (χ4v) is 4.45. The van der Waals surface area contributed by atoms with Gasteiger partial charge in [-0.1, -0.05) is 78.3 Å². The number of alkyl halides is 3. The van der Waals surface area contributed by atoms with Gasteiger partial charge >= 0.3 is 12.1 Å². The maximum Gasteiger partial charge on any atom is 0.416 e. The molecule has 2 N–H and O–H groups in total. The van der Waals surface area contributed by atoms with Crippen molar-refractivity contribution in [1.29, 1.82) is 0 Å². The summed E-state index contributed by atoms with van der Waals surface area (Å²) in [6.45, 7) is 0. The summed E-state index contributed by atoms with van der Waals surface area (Å²) < 4.78 is 45.2. The lowest BCUT2D eigenvalue weighted by Gasteiger charge is -2.14. The molecule has 212 valence electrons. The molecule has 0 radical (unpaired) electrons. The van der Waals surface area contributed by atoms with Crippen molar-refractivity contribution in [1.82, 2.24) is 10.3 Å². The molecule has 0 fully saturated rings. The van der Waals surface area contributed by atoms with Gasteiger partial charge in [0.2, 0.25) is 5.89 Å². The predicted molar refractivity (Wildman–Crippen MR) is 152 cm³/mol. The van der Waals surface area contributed by atoms with Gasteiger partial charge in [-0.3, -0.25) is 4.79 Å². The third-order valence-corrected chi connectivity index (χ3v) is 6.76. The molecule has 0 aliphatic heterocycles. The van der Waals surface area contributed by atoms with E-state index in [2.05, 4.69) is 10.3 Å². The maximum atomic E-state index is 13.4. The standard InChI is InChI=1S/C32H22ClF3N2O4/c33-25-16-6-19(7-17-25)18-26(31(40)41)37-29(39)27-28(22-10-8-21(9-11-22)20-4-2-1-3-5-20)42-30(38-27)23-12-14-24(15-13-23)32(34,35)36/h1-17,26H,18H2,(H,37,39)(H,40,41). The van der Waals surface area contributed by atoms with Crippen LogP contribution < -0.4 is 5.32 Å². The van der Waals surface area contributed by atoms with Gasteiger partial charge in [0.1, 0.15) is 6.04 Å². The first-order chi connectivity index (χ1) is 20.1. The Morgan fingerprint density at radius 3 is 1.98 bits per heavy atom. The monoisotopic (exact) mass is 590 g/mol. The molecule has 42 heavy (non-hydrogen) atoms. The normalized spacial score (nSPS) is 12.1. The molecular weight excluding hydrogens is 569 g/mol. The summed E-state index contributed by atoms with van der Waals surface area (Å²) >= 11 is 5.92. The molecule has 10 heteroatoms. The quantitative estimate of drug-likeness (QED) is 0.193. The summed E-state index contributed by atoms with van der Waals surface area (Å²) in [6, 6.07) is 26.1. The molecular formula is C32H22ClF3N2O4. The molecule has 6 nitrogen and oxygen atoms in total. The van der Waals surface area contributed by atoms with Gasteiger partial charge in [0.05, 0.1) is 5.56 Å². The van der Waals surface area contributed by atoms with E-state index >= 15 is 0 Å². The zero-order valence-electron chi connectivity index (χ0n) is 21.7. The molecule has 4 aromatic carbocycles. The van der Waals surface area contributed by atoms with E-state index in [0.717, 1.165) is 23.3 Å². The number of nitrogens with zero attached hydrogens (tertiary/aromatic N) is 1. The van der Waals surface area contributed by atoms with E-state index < -0.39 is 29.7 Å². The molecule has 5 aromatic rings. The average Bonchev–Trinajstić information content (AvgIpc) is 3.44. The lowest BCUT2D eigenvalue weighted by atomic mass is 10.0. The number of aliphatic carboxylic acids is 1. The highest BCUT2D eigenvalue weighted by Crippen LogP contribution is 2.34. The topological polar surface area (TPSA) is 92.4 Å². The molecule has 0 saturated heterocycles. The predicted octanol–water partition coefficient (Wildman–Crippen LogP) is 7.77. The molecule has 0 spiro atoms. The molecule has 1 heterocycles. The number of carbonyl (C=O) groups is 2. The van der Waals surface area contributed by atoms with E-state index in [0.29, 0.717) is 16.1 Å². The minimum Gasteiger partial charge on any atom is -0.480 e. The summed E-state index contributed by atoms with van der Waals surface area (Å²) in [7, 11) is 0. The number of halogens is 4. The molecule has 0 saturated carbocycles. The van der Waals surface area contributed by atoms with E-state index in [4.69, 9.17) is 16.0 Å². The number of carboxylic acid groups (broad SMARTS) is 1. The third kappa shape index (κ3) is 6.53. The number of nitrogens with one attached hydrogen (secondary N) is 1. The van der Waals surface area contributed by atoms with Crippen molar-refractivity contribution in [2.45, 2.75) is 18.6 Å². The summed E-state index contributed by atoms with van der Waals surface area (Å²) in [5, 5.41) is 12.8. The summed E-state index contributed by atoms with van der Waals surface area (Å²) in [4.78, 5) is 29.8. The Morgan fingerprint density at radius 2 is 1.38 bits per heavy atom. The highest BCUT2D eigenvalue weighted by molar-refractivity contribution is 6.30. The number of oxazole rings is 1. The Bertz CT molecular complexity index is 1700. The first kappa shape index (κ1) is 28.6. The van der Waals surface area contributed by atoms with E-state index in [9.17, 15) is 27.9 Å². The highest BCUT2D eigenvalue weighted by Gasteiger charge is 2.31. The lowest BCUT2D eigenvalue weighted by molar-refractivity contribution is -0.139. The van der Waals surface area contributed by atoms with Crippen molar-refractivity contribution in [3.63, 3.8) is 0 Å². The smallest absolute Gasteiger partial charge is 0.416 e. The van der Waals surface area contributed by atoms with Gasteiger partial charge in [-0.05, 0) is 53.1 Å². The second-order valence-corrected chi connectivity index (χ2v) is 9.85. The van der Waals surface area contributed by atoms with E-state index in [1.54, 1.807) is 36.4 Å². The van der Waals surface area contributed by atoms with E-state index in [1.807, 2.05) is 42.5 Å². The van der Waals surface area contributed by atoms with Crippen LogP contribution in [0, 0.1) is 0 Å². The molecule has 1 unspecified atom stereocenters. The number of aromatic nitrogens is 1. The van der Waals surface area contributed by atoms with Crippen LogP contribution in [-0.2, 0) is 17.4 Å². The molecule has 1 aromatic heterocycles. The van der Waals surface area contributed by atoms with Gasteiger partial charge in [0, 0.05) is 22.6 Å². The minimum absolute atomic E-state index is 0.0248. The number of hydrogen-bond donors (Lipinski definition) is 2. The highest BCUT2D eigenvalue weighted by atomic mass is 35.5. The summed E-state index contributed by atoms with van der Waals surface area (Å²) in [5.41, 5.74) is 2.13. The Morgan fingerprint density at radius 1 is 0.810 bits per heavy atom. The number of benzene rings is 4. The SMILES string of the molecule is O=C(NC(Cc1ccc(Cl)cc1)C(=O)O)c1nc(-c2ccc(C(F)(F)F)cc2)oc1-c1ccc(-c2ccccc2)cc1. The zero-order valence-corrected chi connectivity index (χ0v) is 22.5. The van der Waals surface area contributed by atoms with Crippen LogP contribution >= 0.6 is 11.6 Å².